The van der Waals surface area contributed by atoms with E-state index in [2.05, 4.69) is 0 Å². The number of ether oxygens (including phenoxy) is 1. The summed E-state index contributed by atoms with van der Waals surface area (Å²) >= 11 is 0. The zero-order valence-corrected chi connectivity index (χ0v) is 9.71. The lowest BCUT2D eigenvalue weighted by molar-refractivity contribution is -0.400. The summed E-state index contributed by atoms with van der Waals surface area (Å²) in [7, 11) is 0. The van der Waals surface area contributed by atoms with Crippen LogP contribution < -0.4 is 4.90 Å². The summed E-state index contributed by atoms with van der Waals surface area (Å²) in [6.07, 6.45) is 2.06. The van der Waals surface area contributed by atoms with Crippen molar-refractivity contribution in [1.29, 1.82) is 0 Å². The first-order chi connectivity index (χ1) is 8.66. The van der Waals surface area contributed by atoms with Crippen LogP contribution in [-0.4, -0.2) is 31.2 Å². The molecule has 2 rings (SSSR count). The molecular weight excluding hydrogens is 239 g/mol. The summed E-state index contributed by atoms with van der Waals surface area (Å²) < 4.78 is 19.1. The number of nitrogens with zero attached hydrogens (tertiary/aromatic N) is 2. The molecule has 0 unspecified atom stereocenters. The van der Waals surface area contributed by atoms with Gasteiger partial charge in [0, 0.05) is 19.2 Å². The number of hydrogen-bond acceptors (Lipinski definition) is 4. The van der Waals surface area contributed by atoms with E-state index in [0.29, 0.717) is 37.6 Å². The van der Waals surface area contributed by atoms with Crippen molar-refractivity contribution in [3.63, 3.8) is 0 Å². The van der Waals surface area contributed by atoms with Gasteiger partial charge in [-0.15, -0.1) is 0 Å². The van der Waals surface area contributed by atoms with Crippen LogP contribution in [0.4, 0.5) is 10.1 Å². The average Bonchev–Trinajstić information content (AvgIpc) is 2.37. The lowest BCUT2D eigenvalue weighted by Crippen LogP contribution is -2.36. The van der Waals surface area contributed by atoms with Crippen LogP contribution in [-0.2, 0) is 4.74 Å². The third kappa shape index (κ3) is 3.04. The second kappa shape index (κ2) is 5.59. The summed E-state index contributed by atoms with van der Waals surface area (Å²) in [5.41, 5.74) is 0.984. The van der Waals surface area contributed by atoms with Crippen LogP contribution in [0.2, 0.25) is 0 Å². The van der Waals surface area contributed by atoms with Crippen LogP contribution in [0, 0.1) is 15.9 Å². The van der Waals surface area contributed by atoms with Gasteiger partial charge in [0.15, 0.2) is 0 Å². The Morgan fingerprint density at radius 1 is 1.39 bits per heavy atom. The fourth-order valence-electron chi connectivity index (χ4n) is 1.83. The molecular formula is C12H13FN2O3. The maximum absolute atomic E-state index is 13.9. The molecule has 0 atom stereocenters. The highest BCUT2D eigenvalue weighted by Crippen LogP contribution is 2.22. The molecule has 0 spiro atoms. The zero-order valence-electron chi connectivity index (χ0n) is 9.71. The summed E-state index contributed by atoms with van der Waals surface area (Å²) in [5.74, 6) is -0.373. The number of halogens is 1. The van der Waals surface area contributed by atoms with Gasteiger partial charge in [-0.2, -0.15) is 0 Å². The minimum Gasteiger partial charge on any atom is -0.378 e. The molecule has 0 saturated carbocycles. The van der Waals surface area contributed by atoms with Crippen molar-refractivity contribution in [2.24, 2.45) is 0 Å². The van der Waals surface area contributed by atoms with Gasteiger partial charge in [-0.3, -0.25) is 10.1 Å². The van der Waals surface area contributed by atoms with Gasteiger partial charge in [0.25, 0.3) is 0 Å². The molecule has 5 nitrogen and oxygen atoms in total. The Bertz CT molecular complexity index is 470. The summed E-state index contributed by atoms with van der Waals surface area (Å²) in [6.45, 7) is 2.48. The number of hydrogen-bond donors (Lipinski definition) is 0. The van der Waals surface area contributed by atoms with Crippen molar-refractivity contribution in [3.05, 3.63) is 45.9 Å². The van der Waals surface area contributed by atoms with Crippen molar-refractivity contribution in [3.8, 4) is 0 Å². The molecule has 1 fully saturated rings. The van der Waals surface area contributed by atoms with Gasteiger partial charge in [-0.25, -0.2) is 4.39 Å². The van der Waals surface area contributed by atoms with E-state index >= 15 is 0 Å². The SMILES string of the molecule is O=[N+]([O-])C=Cc1ccc(N2CCOCC2)c(F)c1. The number of rotatable bonds is 3. The van der Waals surface area contributed by atoms with E-state index in [-0.39, 0.29) is 5.82 Å². The monoisotopic (exact) mass is 252 g/mol. The van der Waals surface area contributed by atoms with E-state index in [4.69, 9.17) is 4.74 Å². The lowest BCUT2D eigenvalue weighted by Gasteiger charge is -2.29. The van der Waals surface area contributed by atoms with E-state index < -0.39 is 4.92 Å². The first kappa shape index (κ1) is 12.5. The third-order valence-electron chi connectivity index (χ3n) is 2.71. The van der Waals surface area contributed by atoms with E-state index in [1.165, 1.54) is 12.1 Å². The van der Waals surface area contributed by atoms with E-state index in [0.717, 1.165) is 6.20 Å². The highest BCUT2D eigenvalue weighted by molar-refractivity contribution is 5.56. The largest absolute Gasteiger partial charge is 0.378 e. The van der Waals surface area contributed by atoms with Crippen LogP contribution >= 0.6 is 0 Å². The van der Waals surface area contributed by atoms with Crippen LogP contribution in [0.3, 0.4) is 0 Å². The Hall–Kier alpha value is -1.95. The molecule has 1 heterocycles. The summed E-state index contributed by atoms with van der Waals surface area (Å²) in [4.78, 5) is 11.5. The summed E-state index contributed by atoms with van der Waals surface area (Å²) in [5, 5.41) is 10.2. The molecule has 0 N–H and O–H groups in total. The van der Waals surface area contributed by atoms with Crippen molar-refractivity contribution in [2.45, 2.75) is 0 Å². The van der Waals surface area contributed by atoms with E-state index in [9.17, 15) is 14.5 Å². The number of benzene rings is 1. The molecule has 0 bridgehead atoms. The van der Waals surface area contributed by atoms with Gasteiger partial charge in [0.1, 0.15) is 5.82 Å². The quantitative estimate of drug-likeness (QED) is 0.609. The van der Waals surface area contributed by atoms with Gasteiger partial charge >= 0.3 is 0 Å². The number of anilines is 1. The van der Waals surface area contributed by atoms with E-state index in [1.807, 2.05) is 4.90 Å². The molecule has 6 heteroatoms. The lowest BCUT2D eigenvalue weighted by atomic mass is 10.1. The van der Waals surface area contributed by atoms with Crippen LogP contribution in [0.1, 0.15) is 5.56 Å². The predicted octanol–water partition coefficient (Wildman–Crippen LogP) is 1.91. The Kier molecular flexibility index (Phi) is 3.88. The molecule has 0 radical (unpaired) electrons. The molecule has 1 saturated heterocycles. The first-order valence-corrected chi connectivity index (χ1v) is 5.61. The Labute approximate surface area is 104 Å². The van der Waals surface area contributed by atoms with Crippen molar-refractivity contribution < 1.29 is 14.1 Å². The van der Waals surface area contributed by atoms with Crippen molar-refractivity contribution in [1.82, 2.24) is 0 Å². The van der Waals surface area contributed by atoms with Crippen LogP contribution in [0.15, 0.2) is 24.4 Å². The molecule has 1 aliphatic rings. The highest BCUT2D eigenvalue weighted by atomic mass is 19.1. The molecule has 18 heavy (non-hydrogen) atoms. The topological polar surface area (TPSA) is 55.6 Å². The van der Waals surface area contributed by atoms with Gasteiger partial charge in [0.05, 0.1) is 23.8 Å². The van der Waals surface area contributed by atoms with Gasteiger partial charge < -0.3 is 9.64 Å². The summed E-state index contributed by atoms with van der Waals surface area (Å²) in [6, 6.07) is 4.60. The van der Waals surface area contributed by atoms with Crippen LogP contribution in [0.25, 0.3) is 6.08 Å². The number of morpholine rings is 1. The van der Waals surface area contributed by atoms with Gasteiger partial charge in [0.2, 0.25) is 6.20 Å². The molecule has 0 aromatic heterocycles. The molecule has 0 amide bonds. The maximum atomic E-state index is 13.9. The second-order valence-electron chi connectivity index (χ2n) is 3.91. The molecule has 1 aliphatic heterocycles. The van der Waals surface area contributed by atoms with Gasteiger partial charge in [-0.05, 0) is 17.7 Å². The fraction of sp³-hybridized carbons (Fsp3) is 0.333. The zero-order chi connectivity index (χ0) is 13.0. The Morgan fingerprint density at radius 3 is 2.72 bits per heavy atom. The van der Waals surface area contributed by atoms with Crippen molar-refractivity contribution in [2.75, 3.05) is 31.2 Å². The molecule has 1 aromatic rings. The Balaban J connectivity index is 2.16. The minimum absolute atomic E-state index is 0.373. The van der Waals surface area contributed by atoms with E-state index in [1.54, 1.807) is 12.1 Å². The van der Waals surface area contributed by atoms with Gasteiger partial charge in [-0.1, -0.05) is 6.07 Å². The number of nitro groups is 1. The Morgan fingerprint density at radius 2 is 2.11 bits per heavy atom. The normalized spacial score (nSPS) is 16.2. The molecule has 0 aliphatic carbocycles. The minimum atomic E-state index is -0.576. The first-order valence-electron chi connectivity index (χ1n) is 5.61. The highest BCUT2D eigenvalue weighted by Gasteiger charge is 2.14. The second-order valence-corrected chi connectivity index (χ2v) is 3.91. The van der Waals surface area contributed by atoms with Crippen molar-refractivity contribution >= 4 is 11.8 Å². The standard InChI is InChI=1S/C12H13FN2O3/c13-11-9-10(3-4-15(16)17)1-2-12(11)14-5-7-18-8-6-14/h1-4,9H,5-8H2. The fourth-order valence-corrected chi connectivity index (χ4v) is 1.83. The molecule has 1 aromatic carbocycles. The predicted molar refractivity (Wildman–Crippen MR) is 65.5 cm³/mol. The third-order valence-corrected chi connectivity index (χ3v) is 2.71. The average molecular weight is 252 g/mol. The maximum Gasteiger partial charge on any atom is 0.235 e. The smallest absolute Gasteiger partial charge is 0.235 e. The van der Waals surface area contributed by atoms with Crippen LogP contribution in [0.5, 0.6) is 0 Å². The molecule has 96 valence electrons.